The number of rotatable bonds is 2. The van der Waals surface area contributed by atoms with Gasteiger partial charge in [-0.3, -0.25) is 14.4 Å². The number of hydrogen-bond acceptors (Lipinski definition) is 3. The first-order valence-electron chi connectivity index (χ1n) is 5.19. The number of carbonyl (C=O) groups excluding carboxylic acids is 3. The monoisotopic (exact) mass is 229 g/mol. The molecule has 1 aliphatic heterocycles. The number of imide groups is 1. The van der Waals surface area contributed by atoms with Gasteiger partial charge in [0.15, 0.2) is 5.78 Å². The number of amides is 2. The standard InChI is InChI=1S/C13H11NO3/c1-8-7-12(16)14(13(8)17)11-6-4-3-5-10(11)9(2)15/h3-7H,1-2H3. The highest BCUT2D eigenvalue weighted by molar-refractivity contribution is 6.31. The molecule has 1 aromatic rings. The predicted molar refractivity (Wildman–Crippen MR) is 62.7 cm³/mol. The highest BCUT2D eigenvalue weighted by Gasteiger charge is 2.31. The molecule has 0 aliphatic carbocycles. The maximum absolute atomic E-state index is 11.8. The number of hydrogen-bond donors (Lipinski definition) is 0. The fraction of sp³-hybridized carbons (Fsp3) is 0.154. The smallest absolute Gasteiger partial charge is 0.261 e. The van der Waals surface area contributed by atoms with Crippen LogP contribution in [0.4, 0.5) is 5.69 Å². The molecular weight excluding hydrogens is 218 g/mol. The number of carbonyl (C=O) groups is 3. The molecule has 86 valence electrons. The number of Topliss-reactive ketones (excluding diaryl/α,β-unsaturated/α-hetero) is 1. The molecule has 4 nitrogen and oxygen atoms in total. The molecular formula is C13H11NO3. The van der Waals surface area contributed by atoms with Crippen molar-refractivity contribution in [2.75, 3.05) is 4.90 Å². The number of benzene rings is 1. The molecule has 0 atom stereocenters. The Morgan fingerprint density at radius 2 is 1.82 bits per heavy atom. The van der Waals surface area contributed by atoms with E-state index in [1.54, 1.807) is 31.2 Å². The second kappa shape index (κ2) is 3.97. The van der Waals surface area contributed by atoms with Gasteiger partial charge in [0, 0.05) is 17.2 Å². The van der Waals surface area contributed by atoms with Crippen LogP contribution in [0.15, 0.2) is 35.9 Å². The lowest BCUT2D eigenvalue weighted by Crippen LogP contribution is -2.31. The van der Waals surface area contributed by atoms with Gasteiger partial charge in [-0.1, -0.05) is 12.1 Å². The van der Waals surface area contributed by atoms with Crippen LogP contribution < -0.4 is 4.90 Å². The molecule has 0 saturated carbocycles. The maximum Gasteiger partial charge on any atom is 0.261 e. The van der Waals surface area contributed by atoms with Gasteiger partial charge in [0.1, 0.15) is 0 Å². The molecule has 0 fully saturated rings. The van der Waals surface area contributed by atoms with E-state index in [0.29, 0.717) is 16.8 Å². The molecule has 0 bridgehead atoms. The van der Waals surface area contributed by atoms with Crippen molar-refractivity contribution in [3.05, 3.63) is 41.5 Å². The van der Waals surface area contributed by atoms with Crippen LogP contribution in [0.3, 0.4) is 0 Å². The largest absolute Gasteiger partial charge is 0.294 e. The number of para-hydroxylation sites is 1. The first kappa shape index (κ1) is 11.3. The van der Waals surface area contributed by atoms with Crippen molar-refractivity contribution < 1.29 is 14.4 Å². The molecule has 0 N–H and O–H groups in total. The van der Waals surface area contributed by atoms with Crippen molar-refractivity contribution in [3.63, 3.8) is 0 Å². The summed E-state index contributed by atoms with van der Waals surface area (Å²) >= 11 is 0. The first-order valence-corrected chi connectivity index (χ1v) is 5.19. The Morgan fingerprint density at radius 1 is 1.18 bits per heavy atom. The molecule has 2 amide bonds. The zero-order chi connectivity index (χ0) is 12.6. The Hall–Kier alpha value is -2.23. The predicted octanol–water partition coefficient (Wildman–Crippen LogP) is 1.71. The molecule has 4 heteroatoms. The van der Waals surface area contributed by atoms with Gasteiger partial charge in [-0.2, -0.15) is 0 Å². The number of nitrogens with zero attached hydrogens (tertiary/aromatic N) is 1. The van der Waals surface area contributed by atoms with Crippen molar-refractivity contribution in [2.24, 2.45) is 0 Å². The highest BCUT2D eigenvalue weighted by Crippen LogP contribution is 2.26. The summed E-state index contributed by atoms with van der Waals surface area (Å²) < 4.78 is 0. The minimum Gasteiger partial charge on any atom is -0.294 e. The van der Waals surface area contributed by atoms with E-state index in [2.05, 4.69) is 0 Å². The van der Waals surface area contributed by atoms with Crippen LogP contribution in [0.5, 0.6) is 0 Å². The summed E-state index contributed by atoms with van der Waals surface area (Å²) in [6, 6.07) is 6.59. The van der Waals surface area contributed by atoms with Crippen molar-refractivity contribution in [1.29, 1.82) is 0 Å². The molecule has 1 aliphatic rings. The topological polar surface area (TPSA) is 54.5 Å². The van der Waals surface area contributed by atoms with E-state index in [-0.39, 0.29) is 11.7 Å². The van der Waals surface area contributed by atoms with E-state index in [1.165, 1.54) is 13.0 Å². The summed E-state index contributed by atoms with van der Waals surface area (Å²) in [5, 5.41) is 0. The average molecular weight is 229 g/mol. The molecule has 0 spiro atoms. The van der Waals surface area contributed by atoms with Crippen LogP contribution in [0.25, 0.3) is 0 Å². The van der Waals surface area contributed by atoms with Crippen molar-refractivity contribution in [3.8, 4) is 0 Å². The van der Waals surface area contributed by atoms with E-state index >= 15 is 0 Å². The maximum atomic E-state index is 11.8. The fourth-order valence-electron chi connectivity index (χ4n) is 1.78. The van der Waals surface area contributed by atoms with E-state index < -0.39 is 5.91 Å². The fourth-order valence-corrected chi connectivity index (χ4v) is 1.78. The van der Waals surface area contributed by atoms with Gasteiger partial charge < -0.3 is 0 Å². The third kappa shape index (κ3) is 1.78. The SMILES string of the molecule is CC(=O)c1ccccc1N1C(=O)C=C(C)C1=O. The van der Waals surface area contributed by atoms with Gasteiger partial charge in [0.2, 0.25) is 0 Å². The molecule has 0 radical (unpaired) electrons. The Morgan fingerprint density at radius 3 is 2.35 bits per heavy atom. The lowest BCUT2D eigenvalue weighted by Gasteiger charge is -2.17. The minimum atomic E-state index is -0.402. The normalized spacial score (nSPS) is 15.2. The molecule has 1 heterocycles. The van der Waals surface area contributed by atoms with E-state index in [9.17, 15) is 14.4 Å². The third-order valence-corrected chi connectivity index (χ3v) is 2.63. The van der Waals surface area contributed by atoms with Gasteiger partial charge in [-0.25, -0.2) is 4.90 Å². The van der Waals surface area contributed by atoms with Gasteiger partial charge in [0.25, 0.3) is 11.8 Å². The van der Waals surface area contributed by atoms with E-state index in [1.807, 2.05) is 0 Å². The van der Waals surface area contributed by atoms with Crippen molar-refractivity contribution in [1.82, 2.24) is 0 Å². The summed E-state index contributed by atoms with van der Waals surface area (Å²) in [6.07, 6.45) is 1.28. The highest BCUT2D eigenvalue weighted by atomic mass is 16.2. The quantitative estimate of drug-likeness (QED) is 0.573. The number of ketones is 1. The first-order chi connectivity index (χ1) is 8.02. The van der Waals surface area contributed by atoms with E-state index in [0.717, 1.165) is 4.90 Å². The summed E-state index contributed by atoms with van der Waals surface area (Å²) in [5.74, 6) is -0.948. The summed E-state index contributed by atoms with van der Waals surface area (Å²) in [5.41, 5.74) is 1.11. The summed E-state index contributed by atoms with van der Waals surface area (Å²) in [4.78, 5) is 36.0. The van der Waals surface area contributed by atoms with Crippen LogP contribution in [0.2, 0.25) is 0 Å². The molecule has 0 saturated heterocycles. The summed E-state index contributed by atoms with van der Waals surface area (Å²) in [7, 11) is 0. The summed E-state index contributed by atoms with van der Waals surface area (Å²) in [6.45, 7) is 2.99. The lowest BCUT2D eigenvalue weighted by molar-refractivity contribution is -0.120. The van der Waals surface area contributed by atoms with Gasteiger partial charge in [0.05, 0.1) is 5.69 Å². The second-order valence-corrected chi connectivity index (χ2v) is 3.88. The third-order valence-electron chi connectivity index (χ3n) is 2.63. The zero-order valence-electron chi connectivity index (χ0n) is 9.56. The van der Waals surface area contributed by atoms with Crippen molar-refractivity contribution >= 4 is 23.3 Å². The molecule has 0 unspecified atom stereocenters. The Bertz CT molecular complexity index is 558. The van der Waals surface area contributed by atoms with Crippen LogP contribution in [0.1, 0.15) is 24.2 Å². The van der Waals surface area contributed by atoms with Crippen LogP contribution >= 0.6 is 0 Å². The molecule has 17 heavy (non-hydrogen) atoms. The van der Waals surface area contributed by atoms with Crippen LogP contribution in [-0.4, -0.2) is 17.6 Å². The molecule has 1 aromatic carbocycles. The number of anilines is 1. The van der Waals surface area contributed by atoms with Crippen LogP contribution in [-0.2, 0) is 9.59 Å². The van der Waals surface area contributed by atoms with Gasteiger partial charge >= 0.3 is 0 Å². The zero-order valence-corrected chi connectivity index (χ0v) is 9.56. The second-order valence-electron chi connectivity index (χ2n) is 3.88. The lowest BCUT2D eigenvalue weighted by atomic mass is 10.1. The average Bonchev–Trinajstić information content (AvgIpc) is 2.53. The van der Waals surface area contributed by atoms with Crippen molar-refractivity contribution in [2.45, 2.75) is 13.8 Å². The minimum absolute atomic E-state index is 0.175. The van der Waals surface area contributed by atoms with E-state index in [4.69, 9.17) is 0 Å². The Labute approximate surface area is 98.5 Å². The molecule has 0 aromatic heterocycles. The van der Waals surface area contributed by atoms with Crippen LogP contribution in [0, 0.1) is 0 Å². The Balaban J connectivity index is 2.53. The molecule has 2 rings (SSSR count). The Kier molecular flexibility index (Phi) is 2.63. The van der Waals surface area contributed by atoms with Gasteiger partial charge in [-0.15, -0.1) is 0 Å². The van der Waals surface area contributed by atoms with Gasteiger partial charge in [-0.05, 0) is 26.0 Å².